The summed E-state index contributed by atoms with van der Waals surface area (Å²) in [6.07, 6.45) is -6.11. The van der Waals surface area contributed by atoms with Crippen LogP contribution < -0.4 is 16.9 Å². The highest BCUT2D eigenvalue weighted by atomic mass is 32.5. The summed E-state index contributed by atoms with van der Waals surface area (Å²) in [5.74, 6) is -1.37. The Morgan fingerprint density at radius 3 is 2.68 bits per heavy atom. The van der Waals surface area contributed by atoms with Crippen molar-refractivity contribution < 1.29 is 32.2 Å². The van der Waals surface area contributed by atoms with Crippen LogP contribution in [-0.2, 0) is 30.3 Å². The van der Waals surface area contributed by atoms with E-state index in [4.69, 9.17) is 36.1 Å². The molecule has 0 saturated carbocycles. The van der Waals surface area contributed by atoms with Gasteiger partial charge in [0.1, 0.15) is 0 Å². The Morgan fingerprint density at radius 2 is 1.95 bits per heavy atom. The Bertz CT molecular complexity index is 1710. The van der Waals surface area contributed by atoms with Gasteiger partial charge in [-0.2, -0.15) is 9.67 Å². The molecule has 0 aromatic carbocycles. The molecule has 0 aliphatic carbocycles. The normalized spacial score (nSPS) is 29.0. The molecule has 1 saturated heterocycles. The third-order valence-electron chi connectivity index (χ3n) is 6.72. The number of halogens is 2. The van der Waals surface area contributed by atoms with Crippen LogP contribution in [0.1, 0.15) is 25.4 Å². The quantitative estimate of drug-likeness (QED) is 0.220. The van der Waals surface area contributed by atoms with Gasteiger partial charge in [0.05, 0.1) is 31.5 Å². The number of nitrogen functional groups attached to an aromatic ring is 1. The second-order valence-electron chi connectivity index (χ2n) is 9.08. The maximum Gasteiger partial charge on any atom is 0.326 e. The van der Waals surface area contributed by atoms with Crippen LogP contribution in [0.25, 0.3) is 22.3 Å². The fourth-order valence-electron chi connectivity index (χ4n) is 4.66. The number of fused-ring (bicyclic) bond motifs is 2. The molecule has 1 aliphatic rings. The first-order valence-electron chi connectivity index (χ1n) is 12.0. The number of imidazole rings is 1. The molecule has 41 heavy (non-hydrogen) atoms. The Balaban J connectivity index is 1.53. The van der Waals surface area contributed by atoms with Crippen LogP contribution in [0.15, 0.2) is 22.2 Å². The predicted molar refractivity (Wildman–Crippen MR) is 140 cm³/mol. The van der Waals surface area contributed by atoms with Crippen LogP contribution in [0.4, 0.5) is 14.7 Å². The fraction of sp³-hybridized carbons (Fsp3) is 0.550. The van der Waals surface area contributed by atoms with Crippen molar-refractivity contribution in [3.05, 3.63) is 33.4 Å². The average molecular weight is 619 g/mol. The van der Waals surface area contributed by atoms with Crippen molar-refractivity contribution in [1.82, 2.24) is 44.5 Å². The van der Waals surface area contributed by atoms with Gasteiger partial charge in [-0.15, -0.1) is 5.10 Å². The van der Waals surface area contributed by atoms with E-state index in [-0.39, 0.29) is 41.1 Å². The number of H-pyrrole nitrogens is 2. The third-order valence-corrected chi connectivity index (χ3v) is 8.25. The highest BCUT2D eigenvalue weighted by Crippen LogP contribution is 2.50. The van der Waals surface area contributed by atoms with Crippen LogP contribution in [0, 0.1) is 5.92 Å². The van der Waals surface area contributed by atoms with E-state index in [1.165, 1.54) is 14.2 Å². The molecule has 0 bridgehead atoms. The molecule has 7 atom stereocenters. The van der Waals surface area contributed by atoms with Crippen molar-refractivity contribution in [3.63, 3.8) is 0 Å². The minimum atomic E-state index is -4.26. The van der Waals surface area contributed by atoms with Gasteiger partial charge >= 0.3 is 6.72 Å². The van der Waals surface area contributed by atoms with E-state index >= 15 is 8.78 Å². The topological polar surface area (TPSA) is 223 Å². The van der Waals surface area contributed by atoms with Gasteiger partial charge in [0.2, 0.25) is 12.2 Å². The second kappa shape index (κ2) is 11.6. The maximum absolute atomic E-state index is 16.2. The molecule has 222 valence electrons. The number of methoxy groups -OCH3 is 2. The predicted octanol–water partition coefficient (Wildman–Crippen LogP) is 0.225. The van der Waals surface area contributed by atoms with Gasteiger partial charge in [0.25, 0.3) is 11.1 Å². The van der Waals surface area contributed by atoms with E-state index in [1.54, 1.807) is 0 Å². The molecule has 1 fully saturated rings. The van der Waals surface area contributed by atoms with Crippen LogP contribution >= 0.6 is 6.72 Å². The summed E-state index contributed by atoms with van der Waals surface area (Å²) in [5.41, 5.74) is 3.75. The Hall–Kier alpha value is -3.26. The lowest BCUT2D eigenvalue weighted by Gasteiger charge is -2.30. The molecule has 17 nitrogen and oxygen atoms in total. The summed E-state index contributed by atoms with van der Waals surface area (Å²) in [6, 6.07) is 0. The van der Waals surface area contributed by atoms with E-state index in [2.05, 4.69) is 35.2 Å². The summed E-state index contributed by atoms with van der Waals surface area (Å²) in [7, 11) is 2.53. The number of hydrogen-bond acceptors (Lipinski definition) is 13. The zero-order valence-corrected chi connectivity index (χ0v) is 23.2. The number of rotatable bonds is 5. The third kappa shape index (κ3) is 5.63. The number of anilines is 1. The molecule has 4 aromatic rings. The van der Waals surface area contributed by atoms with E-state index in [0.29, 0.717) is 0 Å². The Labute approximate surface area is 233 Å². The first kappa shape index (κ1) is 29.2. The Morgan fingerprint density at radius 1 is 1.20 bits per heavy atom. The van der Waals surface area contributed by atoms with E-state index < -0.39 is 61.3 Å². The first-order chi connectivity index (χ1) is 19.5. The molecule has 21 heteroatoms. The molecule has 5 N–H and O–H groups in total. The van der Waals surface area contributed by atoms with E-state index in [9.17, 15) is 14.5 Å². The number of nitrogens with one attached hydrogen (secondary N) is 2. The summed E-state index contributed by atoms with van der Waals surface area (Å²) in [5, 5.41) is 7.46. The van der Waals surface area contributed by atoms with Gasteiger partial charge < -0.3 is 29.6 Å². The number of aromatic amines is 2. The fourth-order valence-corrected chi connectivity index (χ4v) is 6.00. The van der Waals surface area contributed by atoms with Gasteiger partial charge in [-0.3, -0.25) is 23.7 Å². The van der Waals surface area contributed by atoms with Gasteiger partial charge in [-0.1, -0.05) is 5.21 Å². The van der Waals surface area contributed by atoms with Gasteiger partial charge in [-0.25, -0.2) is 18.7 Å². The summed E-state index contributed by atoms with van der Waals surface area (Å²) in [6.45, 7) is -4.73. The second-order valence-corrected chi connectivity index (χ2v) is 11.9. The monoisotopic (exact) mass is 618 g/mol. The van der Waals surface area contributed by atoms with E-state index in [1.807, 2.05) is 0 Å². The molecule has 0 amide bonds. The molecule has 4 aromatic heterocycles. The standard InChI is InChI=1S/C20H25F2N10O7PS/c1-36-9-4-3-8(14(22)32-15-13(29-30-32)17(33)25-6-24-15)10(37-2)5-38-40(35,41)39-19(11(9)21)31-7-26-12-16(31)27-20(23)28-18(12)34/h6-11,14,19H,3-5H2,1-2H3,(H,35,41)(H,24,25,33)(H3,23,27,28,34)/t8-,9?,10-,11-,14+,19-,40?/m1/s1. The summed E-state index contributed by atoms with van der Waals surface area (Å²) in [4.78, 5) is 51.8. The van der Waals surface area contributed by atoms with E-state index in [0.717, 1.165) is 21.9 Å². The van der Waals surface area contributed by atoms with Crippen molar-refractivity contribution in [3.8, 4) is 0 Å². The first-order valence-corrected chi connectivity index (χ1v) is 14.6. The number of aromatic nitrogens is 9. The van der Waals surface area contributed by atoms with Gasteiger partial charge in [0.15, 0.2) is 34.7 Å². The molecule has 0 spiro atoms. The number of nitrogens with zero attached hydrogens (tertiary/aromatic N) is 7. The zero-order valence-electron chi connectivity index (χ0n) is 21.5. The highest BCUT2D eigenvalue weighted by Gasteiger charge is 2.42. The SMILES string of the molecule is COC1CC[C@@H]([C@@H](F)n2nnc3c(=O)[nH]cnc32)[C@H](OC)COP(O)(=S)O[C@@H](n2cnc3c(=O)[nH]c(N)nc32)[C@@H]1F. The summed E-state index contributed by atoms with van der Waals surface area (Å²) < 4.78 is 56.2. The van der Waals surface area contributed by atoms with Crippen molar-refractivity contribution in [2.75, 3.05) is 26.6 Å². The summed E-state index contributed by atoms with van der Waals surface area (Å²) >= 11 is 5.15. The van der Waals surface area contributed by atoms with Crippen LogP contribution in [-0.4, -0.2) is 88.6 Å². The van der Waals surface area contributed by atoms with Crippen molar-refractivity contribution in [2.24, 2.45) is 5.92 Å². The van der Waals surface area contributed by atoms with Gasteiger partial charge in [0, 0.05) is 20.1 Å². The minimum absolute atomic E-state index is 0.0664. The molecule has 1 aliphatic heterocycles. The van der Waals surface area contributed by atoms with Crippen molar-refractivity contribution in [2.45, 2.75) is 43.7 Å². The van der Waals surface area contributed by atoms with Crippen LogP contribution in [0.3, 0.4) is 0 Å². The number of alkyl halides is 2. The van der Waals surface area contributed by atoms with Crippen molar-refractivity contribution in [1.29, 1.82) is 0 Å². The average Bonchev–Trinajstić information content (AvgIpc) is 3.55. The zero-order chi connectivity index (χ0) is 29.5. The maximum atomic E-state index is 16.2. The minimum Gasteiger partial charge on any atom is -0.379 e. The smallest absolute Gasteiger partial charge is 0.326 e. The van der Waals surface area contributed by atoms with Crippen molar-refractivity contribution >= 4 is 46.8 Å². The molecular formula is C20H25F2N10O7PS. The number of nitrogens with two attached hydrogens (primary N) is 1. The van der Waals surface area contributed by atoms with Gasteiger partial charge in [-0.05, 0) is 24.6 Å². The molecular weight excluding hydrogens is 593 g/mol. The highest BCUT2D eigenvalue weighted by molar-refractivity contribution is 8.07. The molecule has 5 rings (SSSR count). The lowest BCUT2D eigenvalue weighted by Crippen LogP contribution is -2.36. The molecule has 0 radical (unpaired) electrons. The lowest BCUT2D eigenvalue weighted by atomic mass is 9.92. The lowest BCUT2D eigenvalue weighted by molar-refractivity contribution is -0.0609. The Kier molecular flexibility index (Phi) is 8.24. The largest absolute Gasteiger partial charge is 0.379 e. The molecule has 5 heterocycles. The number of ether oxygens (including phenoxy) is 2. The number of hydrogen-bond donors (Lipinski definition) is 4. The molecule has 2 unspecified atom stereocenters. The van der Waals surface area contributed by atoms with Crippen LogP contribution in [0.2, 0.25) is 0 Å². The van der Waals surface area contributed by atoms with Crippen LogP contribution in [0.5, 0.6) is 0 Å².